The summed E-state index contributed by atoms with van der Waals surface area (Å²) in [5.41, 5.74) is -0.948. The minimum absolute atomic E-state index is 0.0311. The molecule has 0 atom stereocenters. The monoisotopic (exact) mass is 396 g/mol. The van der Waals surface area contributed by atoms with E-state index in [1.165, 1.54) is 6.20 Å². The Hall–Kier alpha value is -1.73. The number of hydrogen-bond donors (Lipinski definition) is 1. The van der Waals surface area contributed by atoms with Crippen molar-refractivity contribution in [2.45, 2.75) is 72.4 Å². The summed E-state index contributed by atoms with van der Waals surface area (Å²) in [5, 5.41) is 12.5. The molecule has 7 heteroatoms. The molecular weight excluding hydrogens is 356 g/mol. The van der Waals surface area contributed by atoms with Crippen molar-refractivity contribution in [2.75, 3.05) is 26.4 Å². The van der Waals surface area contributed by atoms with Crippen molar-refractivity contribution in [3.8, 4) is 0 Å². The fourth-order valence-electron chi connectivity index (χ4n) is 2.18. The van der Waals surface area contributed by atoms with Crippen LogP contribution < -0.4 is 5.32 Å². The number of ether oxygens (including phenoxy) is 2. The third-order valence-corrected chi connectivity index (χ3v) is 4.29. The predicted octanol–water partition coefficient (Wildman–Crippen LogP) is 4.48. The van der Waals surface area contributed by atoms with E-state index in [-0.39, 0.29) is 22.5 Å². The van der Waals surface area contributed by atoms with Crippen LogP contribution in [0.25, 0.3) is 0 Å². The second-order valence-electron chi connectivity index (χ2n) is 8.95. The zero-order valence-corrected chi connectivity index (χ0v) is 18.9. The molecule has 0 aliphatic rings. The highest BCUT2D eigenvalue weighted by Crippen LogP contribution is 2.22. The largest absolute Gasteiger partial charge is 0.380 e. The van der Waals surface area contributed by atoms with E-state index >= 15 is 0 Å². The first kappa shape index (κ1) is 26.3. The van der Waals surface area contributed by atoms with Crippen molar-refractivity contribution in [3.05, 3.63) is 25.6 Å². The van der Waals surface area contributed by atoms with E-state index in [2.05, 4.69) is 42.7 Å². The Bertz CT molecular complexity index is 522. The lowest BCUT2D eigenvalue weighted by Gasteiger charge is -2.34. The number of amides is 1. The van der Waals surface area contributed by atoms with Crippen LogP contribution >= 0.6 is 0 Å². The highest BCUT2D eigenvalue weighted by atomic mass is 16.5. The van der Waals surface area contributed by atoms with Crippen LogP contribution in [0.1, 0.15) is 61.3 Å². The maximum absolute atomic E-state index is 11.8. The molecule has 0 aromatic heterocycles. The lowest BCUT2D eigenvalue weighted by Crippen LogP contribution is -2.39. The normalized spacial score (nSPS) is 12.8. The summed E-state index contributed by atoms with van der Waals surface area (Å²) in [6.45, 7) is 23.4. The molecule has 0 spiro atoms. The molecular formula is C21H40N4O3. The lowest BCUT2D eigenvalue weighted by molar-refractivity contribution is -0.128. The van der Waals surface area contributed by atoms with E-state index in [4.69, 9.17) is 9.47 Å². The molecule has 0 saturated carbocycles. The molecule has 0 radical (unpaired) electrons. The van der Waals surface area contributed by atoms with Crippen molar-refractivity contribution < 1.29 is 14.3 Å². The average Bonchev–Trinajstić information content (AvgIpc) is 2.56. The van der Waals surface area contributed by atoms with Crippen molar-refractivity contribution >= 4 is 5.91 Å². The van der Waals surface area contributed by atoms with Gasteiger partial charge in [-0.1, -0.05) is 39.2 Å². The summed E-state index contributed by atoms with van der Waals surface area (Å²) in [7, 11) is 0. The van der Waals surface area contributed by atoms with Crippen LogP contribution in [0, 0.1) is 5.41 Å². The van der Waals surface area contributed by atoms with Gasteiger partial charge in [0.05, 0.1) is 17.7 Å². The summed E-state index contributed by atoms with van der Waals surface area (Å²) >= 11 is 0. The molecule has 0 aliphatic carbocycles. The van der Waals surface area contributed by atoms with Crippen molar-refractivity contribution in [1.82, 2.24) is 10.3 Å². The third kappa shape index (κ3) is 11.2. The average molecular weight is 397 g/mol. The second kappa shape index (κ2) is 12.0. The van der Waals surface area contributed by atoms with Crippen LogP contribution in [-0.2, 0) is 14.3 Å². The number of rotatable bonds is 14. The topological polar surface area (TPSA) is 75.5 Å². The lowest BCUT2D eigenvalue weighted by atomic mass is 9.96. The summed E-state index contributed by atoms with van der Waals surface area (Å²) in [6.07, 6.45) is 4.56. The first-order valence-electron chi connectivity index (χ1n) is 9.79. The SMILES string of the molecule is C=C/N=N\N(C=C)C(C)(C)CCOC(C)(C)CCOCCNC(=O)C(C)(C)C. The molecule has 0 aliphatic heterocycles. The van der Waals surface area contributed by atoms with E-state index in [9.17, 15) is 4.79 Å². The molecule has 0 rings (SSSR count). The molecule has 28 heavy (non-hydrogen) atoms. The van der Waals surface area contributed by atoms with E-state index in [1.54, 1.807) is 11.2 Å². The van der Waals surface area contributed by atoms with Gasteiger partial charge in [-0.05, 0) is 40.5 Å². The fraction of sp³-hybridized carbons (Fsp3) is 0.762. The minimum Gasteiger partial charge on any atom is -0.380 e. The zero-order valence-electron chi connectivity index (χ0n) is 18.9. The van der Waals surface area contributed by atoms with Gasteiger partial charge in [0.1, 0.15) is 0 Å². The van der Waals surface area contributed by atoms with Crippen LogP contribution in [-0.4, -0.2) is 48.4 Å². The highest BCUT2D eigenvalue weighted by molar-refractivity contribution is 5.81. The Morgan fingerprint density at radius 3 is 2.21 bits per heavy atom. The zero-order chi connectivity index (χ0) is 21.8. The van der Waals surface area contributed by atoms with Gasteiger partial charge >= 0.3 is 0 Å². The summed E-state index contributed by atoms with van der Waals surface area (Å²) < 4.78 is 11.7. The number of carbonyl (C=O) groups is 1. The Morgan fingerprint density at radius 2 is 1.68 bits per heavy atom. The van der Waals surface area contributed by atoms with Crippen molar-refractivity contribution in [1.29, 1.82) is 0 Å². The molecule has 0 heterocycles. The summed E-state index contributed by atoms with van der Waals surface area (Å²) in [6, 6.07) is 0. The Labute approximate surface area is 171 Å². The van der Waals surface area contributed by atoms with Crippen molar-refractivity contribution in [3.63, 3.8) is 0 Å². The van der Waals surface area contributed by atoms with E-state index < -0.39 is 0 Å². The third-order valence-electron chi connectivity index (χ3n) is 4.29. The standard InChI is InChI=1S/C21H40N4O3/c1-10-23-24-25(11-2)20(6,7)12-16-28-21(8,9)13-15-27-17-14-22-18(26)19(3,4)5/h10-11H,1-2,12-17H2,3-9H3,(H,22,26)/b24-23-. The Balaban J connectivity index is 4.14. The number of nitrogens with zero attached hydrogens (tertiary/aromatic N) is 3. The van der Waals surface area contributed by atoms with Gasteiger partial charge in [-0.15, -0.1) is 5.11 Å². The van der Waals surface area contributed by atoms with Gasteiger partial charge < -0.3 is 14.8 Å². The quantitative estimate of drug-likeness (QED) is 0.267. The molecule has 0 saturated heterocycles. The second-order valence-corrected chi connectivity index (χ2v) is 8.95. The first-order chi connectivity index (χ1) is 12.9. The van der Waals surface area contributed by atoms with Gasteiger partial charge in [-0.2, -0.15) is 0 Å². The smallest absolute Gasteiger partial charge is 0.225 e. The molecule has 162 valence electrons. The number of carbonyl (C=O) groups excluding carboxylic acids is 1. The van der Waals surface area contributed by atoms with E-state index in [0.717, 1.165) is 12.8 Å². The predicted molar refractivity (Wildman–Crippen MR) is 114 cm³/mol. The summed E-state index contributed by atoms with van der Waals surface area (Å²) in [5.74, 6) is 0.0311. The molecule has 0 aromatic rings. The van der Waals surface area contributed by atoms with E-state index in [0.29, 0.717) is 26.4 Å². The molecule has 1 amide bonds. The van der Waals surface area contributed by atoms with Crippen LogP contribution in [0.2, 0.25) is 0 Å². The Morgan fingerprint density at radius 1 is 1.04 bits per heavy atom. The number of hydrogen-bond acceptors (Lipinski definition) is 5. The van der Waals surface area contributed by atoms with Crippen LogP contribution in [0.5, 0.6) is 0 Å². The minimum atomic E-state index is -0.377. The van der Waals surface area contributed by atoms with Gasteiger partial charge in [0.2, 0.25) is 5.91 Å². The van der Waals surface area contributed by atoms with Gasteiger partial charge in [0.15, 0.2) is 0 Å². The molecule has 0 unspecified atom stereocenters. The fourth-order valence-corrected chi connectivity index (χ4v) is 2.18. The van der Waals surface area contributed by atoms with Gasteiger partial charge in [-0.3, -0.25) is 4.79 Å². The Kier molecular flexibility index (Phi) is 11.2. The highest BCUT2D eigenvalue weighted by Gasteiger charge is 2.26. The maximum Gasteiger partial charge on any atom is 0.225 e. The van der Waals surface area contributed by atoms with Gasteiger partial charge in [-0.25, -0.2) is 5.01 Å². The van der Waals surface area contributed by atoms with Crippen LogP contribution in [0.3, 0.4) is 0 Å². The number of nitrogens with one attached hydrogen (secondary N) is 1. The maximum atomic E-state index is 11.8. The van der Waals surface area contributed by atoms with Gasteiger partial charge in [0, 0.05) is 37.6 Å². The summed E-state index contributed by atoms with van der Waals surface area (Å²) in [4.78, 5) is 11.8. The first-order valence-corrected chi connectivity index (χ1v) is 9.79. The molecule has 0 fully saturated rings. The van der Waals surface area contributed by atoms with E-state index in [1.807, 2.05) is 34.6 Å². The molecule has 1 N–H and O–H groups in total. The van der Waals surface area contributed by atoms with Crippen LogP contribution in [0.15, 0.2) is 35.9 Å². The van der Waals surface area contributed by atoms with Crippen molar-refractivity contribution in [2.24, 2.45) is 15.8 Å². The molecule has 0 aromatic carbocycles. The van der Waals surface area contributed by atoms with Crippen LogP contribution in [0.4, 0.5) is 0 Å². The molecule has 7 nitrogen and oxygen atoms in total. The molecule has 0 bridgehead atoms. The van der Waals surface area contributed by atoms with Gasteiger partial charge in [0.25, 0.3) is 0 Å².